The molecule has 1 aliphatic heterocycles. The van der Waals surface area contributed by atoms with Crippen LogP contribution in [-0.4, -0.2) is 46.9 Å². The summed E-state index contributed by atoms with van der Waals surface area (Å²) in [5.74, 6) is -2.46. The normalized spacial score (nSPS) is 22.6. The number of piperidine rings is 1. The number of rotatable bonds is 5. The minimum Gasteiger partial charge on any atom is -0.367 e. The van der Waals surface area contributed by atoms with E-state index in [2.05, 4.69) is 9.97 Å². The molecule has 0 bridgehead atoms. The first-order chi connectivity index (χ1) is 17.6. The van der Waals surface area contributed by atoms with Gasteiger partial charge in [-0.3, -0.25) is 9.69 Å². The van der Waals surface area contributed by atoms with Crippen LogP contribution in [0.2, 0.25) is 7.16 Å². The molecule has 1 unspecified atom stereocenters. The summed E-state index contributed by atoms with van der Waals surface area (Å²) in [4.78, 5) is 22.2. The fraction of sp³-hybridized carbons (Fsp3) is 0.350. The summed E-state index contributed by atoms with van der Waals surface area (Å²) < 4.78 is 85.8. The van der Waals surface area contributed by atoms with Crippen LogP contribution in [0, 0.1) is 5.82 Å². The van der Waals surface area contributed by atoms with Crippen LogP contribution >= 0.6 is 22.9 Å². The van der Waals surface area contributed by atoms with Crippen molar-refractivity contribution in [2.24, 2.45) is 0 Å². The van der Waals surface area contributed by atoms with Crippen LogP contribution in [0.25, 0.3) is 10.2 Å². The number of carbonyl (C=O) groups is 1. The van der Waals surface area contributed by atoms with E-state index < -0.39 is 36.8 Å². The number of anilines is 1. The third-order valence-corrected chi connectivity index (χ3v) is 5.54. The minimum atomic E-state index is -3.09. The van der Waals surface area contributed by atoms with E-state index in [9.17, 15) is 9.18 Å². The van der Waals surface area contributed by atoms with E-state index in [0.717, 1.165) is 28.8 Å². The predicted octanol–water partition coefficient (Wildman–Crippen LogP) is 3.92. The highest BCUT2D eigenvalue weighted by atomic mass is 35.5. The lowest BCUT2D eigenvalue weighted by atomic mass is 10.0. The van der Waals surface area contributed by atoms with Crippen molar-refractivity contribution in [3.05, 3.63) is 51.8 Å². The predicted molar refractivity (Wildman–Crippen MR) is 114 cm³/mol. The Morgan fingerprint density at radius 2 is 2.38 bits per heavy atom. The van der Waals surface area contributed by atoms with Gasteiger partial charge in [0.1, 0.15) is 24.1 Å². The molecule has 1 aromatic carbocycles. The highest BCUT2D eigenvalue weighted by molar-refractivity contribution is 7.22. The molecule has 1 amide bonds. The van der Waals surface area contributed by atoms with Gasteiger partial charge in [-0.1, -0.05) is 17.7 Å². The first kappa shape index (κ1) is 11.8. The number of fused-ring (bicyclic) bond motifs is 1. The summed E-state index contributed by atoms with van der Waals surface area (Å²) in [6, 6.07) is 1.67. The molecule has 1 fully saturated rings. The largest absolute Gasteiger partial charge is 0.367 e. The molecule has 152 valence electrons. The van der Waals surface area contributed by atoms with Gasteiger partial charge in [0.15, 0.2) is 2.82 Å². The Bertz CT molecular complexity index is 1390. The minimum absolute atomic E-state index is 0.0719. The Morgan fingerprint density at radius 3 is 3.17 bits per heavy atom. The number of amides is 1. The van der Waals surface area contributed by atoms with Crippen molar-refractivity contribution in [1.29, 1.82) is 0 Å². The second-order valence-corrected chi connectivity index (χ2v) is 7.93. The second-order valence-electron chi connectivity index (χ2n) is 6.33. The monoisotopic (exact) mass is 442 g/mol. The SMILES string of the molecule is [2H]c1nc(N([2H])C2([2H])CCN(C([2H])c3ccc(F)c(C(=O)N([2H])C([2H])([2H])[2H])c3)CC2)c2c([2H])c(Cl)sc2n1. The highest BCUT2D eigenvalue weighted by Gasteiger charge is 2.21. The molecule has 1 aliphatic rings. The first-order valence-corrected chi connectivity index (χ1v) is 9.85. The number of nitrogens with zero attached hydrogens (tertiary/aromatic N) is 3. The van der Waals surface area contributed by atoms with E-state index in [4.69, 9.17) is 24.0 Å². The second kappa shape index (κ2) is 8.61. The number of nitrogens with one attached hydrogen (secondary N) is 2. The zero-order valence-corrected chi connectivity index (χ0v) is 16.5. The number of benzene rings is 1. The van der Waals surface area contributed by atoms with Crippen LogP contribution in [0.15, 0.2) is 30.5 Å². The van der Waals surface area contributed by atoms with E-state index >= 15 is 0 Å². The summed E-state index contributed by atoms with van der Waals surface area (Å²) >= 11 is 7.04. The topological polar surface area (TPSA) is 70.2 Å². The Kier molecular flexibility index (Phi) is 3.50. The molecule has 1 atom stereocenters. The lowest BCUT2D eigenvalue weighted by Crippen LogP contribution is -2.38. The first-order valence-electron chi connectivity index (χ1n) is 13.1. The van der Waals surface area contributed by atoms with Gasteiger partial charge in [0, 0.05) is 38.1 Å². The quantitative estimate of drug-likeness (QED) is 0.626. The third-order valence-electron chi connectivity index (χ3n) is 4.45. The van der Waals surface area contributed by atoms with E-state index in [0.29, 0.717) is 0 Å². The number of thiophene rings is 1. The molecule has 1 saturated heterocycles. The molecular weight excluding hydrogens is 413 g/mol. The van der Waals surface area contributed by atoms with E-state index in [1.807, 2.05) is 0 Å². The van der Waals surface area contributed by atoms with Gasteiger partial charge in [0.25, 0.3) is 5.91 Å². The summed E-state index contributed by atoms with van der Waals surface area (Å²) in [5, 5.41) is 0.739. The van der Waals surface area contributed by atoms with E-state index in [-0.39, 0.29) is 69.5 Å². The van der Waals surface area contributed by atoms with Crippen LogP contribution in [0.3, 0.4) is 0 Å². The van der Waals surface area contributed by atoms with Gasteiger partial charge in [-0.15, -0.1) is 11.3 Å². The Labute approximate surface area is 189 Å². The van der Waals surface area contributed by atoms with Crippen molar-refractivity contribution in [1.82, 2.24) is 20.2 Å². The van der Waals surface area contributed by atoms with Crippen LogP contribution in [-0.2, 0) is 6.52 Å². The van der Waals surface area contributed by atoms with Gasteiger partial charge >= 0.3 is 0 Å². The molecule has 9 heteroatoms. The smallest absolute Gasteiger partial charge is 0.254 e. The van der Waals surface area contributed by atoms with Crippen LogP contribution in [0.4, 0.5) is 10.2 Å². The fourth-order valence-corrected chi connectivity index (χ4v) is 4.00. The fourth-order valence-electron chi connectivity index (χ4n) is 3.03. The van der Waals surface area contributed by atoms with E-state index in [1.165, 1.54) is 6.07 Å². The molecule has 3 aromatic rings. The van der Waals surface area contributed by atoms with Gasteiger partial charge < -0.3 is 10.6 Å². The zero-order chi connectivity index (χ0) is 28.2. The summed E-state index contributed by atoms with van der Waals surface area (Å²) in [6.07, 6.45) is -0.230. The molecule has 3 heterocycles. The van der Waals surface area contributed by atoms with Crippen molar-refractivity contribution in [2.75, 3.05) is 25.4 Å². The number of carbonyl (C=O) groups excluding carboxylic acids is 1. The number of halogens is 2. The van der Waals surface area contributed by atoms with Crippen LogP contribution in [0.1, 0.15) is 38.4 Å². The van der Waals surface area contributed by atoms with Gasteiger partial charge in [0.05, 0.1) is 18.0 Å². The van der Waals surface area contributed by atoms with Crippen molar-refractivity contribution in [2.45, 2.75) is 25.4 Å². The molecule has 0 spiro atoms. The zero-order valence-electron chi connectivity index (χ0n) is 23.9. The molecule has 6 nitrogen and oxygen atoms in total. The highest BCUT2D eigenvalue weighted by Crippen LogP contribution is 2.32. The lowest BCUT2D eigenvalue weighted by molar-refractivity contribution is 0.0959. The van der Waals surface area contributed by atoms with Crippen molar-refractivity contribution in [3.63, 3.8) is 0 Å². The molecule has 2 aromatic heterocycles. The molecule has 0 saturated carbocycles. The Hall–Kier alpha value is -2.29. The third kappa shape index (κ3) is 4.49. The summed E-state index contributed by atoms with van der Waals surface area (Å²) in [6.45, 7) is -3.86. The Morgan fingerprint density at radius 1 is 1.55 bits per heavy atom. The summed E-state index contributed by atoms with van der Waals surface area (Å²) in [7, 11) is 0. The molecule has 0 aliphatic carbocycles. The van der Waals surface area contributed by atoms with Gasteiger partial charge in [0.2, 0.25) is 0 Å². The average molecular weight is 443 g/mol. The van der Waals surface area contributed by atoms with Crippen LogP contribution < -0.4 is 10.6 Å². The van der Waals surface area contributed by atoms with Crippen molar-refractivity contribution in [3.8, 4) is 0 Å². The summed E-state index contributed by atoms with van der Waals surface area (Å²) in [5.41, 5.74) is -0.452. The standard InChI is InChI=1S/C20H21ClFN5OS/c1-23-19(28)14-8-12(2-3-16(14)22)10-27-6-4-13(5-7-27)26-18-15-9-17(21)29-20(15)25-11-24-18/h2-3,8-9,11,13H,4-7,10H2,1H3,(H,23,28)(H,24,25,26)/i1D3,9D,10D,11D,13D/hD2. The molecule has 2 N–H and O–H groups in total. The number of aromatic nitrogens is 2. The Balaban J connectivity index is 1.53. The molecule has 0 radical (unpaired) electrons. The number of hydrogen-bond acceptors (Lipinski definition) is 6. The van der Waals surface area contributed by atoms with Gasteiger partial charge in [-0.2, -0.15) is 0 Å². The maximum atomic E-state index is 14.3. The van der Waals surface area contributed by atoms with E-state index in [1.54, 1.807) is 4.90 Å². The van der Waals surface area contributed by atoms with Crippen molar-refractivity contribution < 1.29 is 21.6 Å². The van der Waals surface area contributed by atoms with Gasteiger partial charge in [-0.05, 0) is 36.6 Å². The lowest BCUT2D eigenvalue weighted by Gasteiger charge is -2.32. The molecular formula is C20H21ClFN5OS. The maximum absolute atomic E-state index is 14.3. The maximum Gasteiger partial charge on any atom is 0.254 e. The molecule has 29 heavy (non-hydrogen) atoms. The number of hydrogen-bond donors (Lipinski definition) is 2. The molecule has 4 rings (SSSR count). The average Bonchev–Trinajstić information content (AvgIpc) is 3.14. The van der Waals surface area contributed by atoms with Gasteiger partial charge in [-0.25, -0.2) is 14.4 Å². The van der Waals surface area contributed by atoms with Crippen LogP contribution in [0.5, 0.6) is 0 Å². The van der Waals surface area contributed by atoms with Crippen molar-refractivity contribution >= 4 is 44.9 Å². The number of likely N-dealkylation sites (tertiary alicyclic amines) is 1.